The van der Waals surface area contributed by atoms with Crippen LogP contribution in [0.3, 0.4) is 0 Å². The molecular weight excluding hydrogens is 292 g/mol. The normalized spacial score (nSPS) is 18.0. The van der Waals surface area contributed by atoms with E-state index in [2.05, 4.69) is 19.1 Å². The highest BCUT2D eigenvalue weighted by Crippen LogP contribution is 2.38. The molecule has 2 aromatic rings. The molecule has 23 heavy (non-hydrogen) atoms. The van der Waals surface area contributed by atoms with Gasteiger partial charge >= 0.3 is 0 Å². The lowest BCUT2D eigenvalue weighted by atomic mass is 9.83. The zero-order chi connectivity index (χ0) is 16.4. The van der Waals surface area contributed by atoms with Crippen LogP contribution in [0.2, 0.25) is 0 Å². The fourth-order valence-corrected chi connectivity index (χ4v) is 3.58. The third-order valence-electron chi connectivity index (χ3n) is 5.00. The fraction of sp³-hybridized carbons (Fsp3) is 0.400. The molecule has 0 fully saturated rings. The highest BCUT2D eigenvalue weighted by Gasteiger charge is 2.25. The summed E-state index contributed by atoms with van der Waals surface area (Å²) in [5.41, 5.74) is 10.5. The zero-order valence-electron chi connectivity index (χ0n) is 13.5. The zero-order valence-corrected chi connectivity index (χ0v) is 13.5. The van der Waals surface area contributed by atoms with Crippen molar-refractivity contribution in [1.29, 1.82) is 0 Å². The lowest BCUT2D eigenvalue weighted by Gasteiger charge is -2.22. The largest absolute Gasteiger partial charge is 0.328 e. The number of aryl methyl sites for hydroxylation is 2. The molecule has 0 heterocycles. The maximum Gasteiger partial charge on any atom is 0.159 e. The molecule has 3 heteroatoms. The third-order valence-corrected chi connectivity index (χ3v) is 5.00. The van der Waals surface area contributed by atoms with Crippen molar-refractivity contribution in [2.45, 2.75) is 51.0 Å². The Balaban J connectivity index is 2.05. The van der Waals surface area contributed by atoms with Gasteiger partial charge in [-0.15, -0.1) is 0 Å². The number of hydrogen-bond acceptors (Lipinski definition) is 1. The van der Waals surface area contributed by atoms with Gasteiger partial charge in [-0.1, -0.05) is 31.2 Å². The number of halogens is 2. The van der Waals surface area contributed by atoms with Crippen LogP contribution in [0.5, 0.6) is 0 Å². The Morgan fingerprint density at radius 3 is 2.52 bits per heavy atom. The molecule has 1 nitrogen and oxygen atoms in total. The van der Waals surface area contributed by atoms with Crippen LogP contribution in [-0.2, 0) is 12.8 Å². The molecule has 0 radical (unpaired) electrons. The SMILES string of the molecule is CCC(N)CCC1c2ccccc2CCc2cc(F)c(F)cc21. The van der Waals surface area contributed by atoms with Gasteiger partial charge in [0.2, 0.25) is 0 Å². The van der Waals surface area contributed by atoms with E-state index in [9.17, 15) is 8.78 Å². The van der Waals surface area contributed by atoms with E-state index in [0.29, 0.717) is 0 Å². The van der Waals surface area contributed by atoms with Gasteiger partial charge in [0.25, 0.3) is 0 Å². The monoisotopic (exact) mass is 315 g/mol. The maximum absolute atomic E-state index is 13.9. The minimum atomic E-state index is -0.757. The van der Waals surface area contributed by atoms with E-state index in [1.54, 1.807) is 0 Å². The first-order chi connectivity index (χ1) is 11.1. The van der Waals surface area contributed by atoms with E-state index in [-0.39, 0.29) is 12.0 Å². The van der Waals surface area contributed by atoms with E-state index in [0.717, 1.165) is 43.2 Å². The van der Waals surface area contributed by atoms with Gasteiger partial charge < -0.3 is 5.73 Å². The summed E-state index contributed by atoms with van der Waals surface area (Å²) < 4.78 is 27.5. The van der Waals surface area contributed by atoms with Crippen LogP contribution in [0.15, 0.2) is 36.4 Å². The molecule has 0 spiro atoms. The Labute approximate surface area is 136 Å². The average Bonchev–Trinajstić information content (AvgIpc) is 2.70. The van der Waals surface area contributed by atoms with Gasteiger partial charge in [-0.05, 0) is 66.5 Å². The molecule has 2 aromatic carbocycles. The van der Waals surface area contributed by atoms with Crippen molar-refractivity contribution in [2.75, 3.05) is 0 Å². The molecule has 0 amide bonds. The summed E-state index contributed by atoms with van der Waals surface area (Å²) in [6.45, 7) is 2.08. The van der Waals surface area contributed by atoms with Gasteiger partial charge in [0.05, 0.1) is 0 Å². The first kappa shape index (κ1) is 16.1. The molecule has 0 saturated heterocycles. The van der Waals surface area contributed by atoms with Crippen LogP contribution >= 0.6 is 0 Å². The van der Waals surface area contributed by atoms with Crippen molar-refractivity contribution < 1.29 is 8.78 Å². The summed E-state index contributed by atoms with van der Waals surface area (Å²) in [5, 5.41) is 0. The first-order valence-electron chi connectivity index (χ1n) is 8.41. The van der Waals surface area contributed by atoms with Gasteiger partial charge in [0.15, 0.2) is 11.6 Å². The Morgan fingerprint density at radius 1 is 1.04 bits per heavy atom. The summed E-state index contributed by atoms with van der Waals surface area (Å²) in [5.74, 6) is -1.41. The number of benzene rings is 2. The molecule has 122 valence electrons. The van der Waals surface area contributed by atoms with Crippen LogP contribution in [0.25, 0.3) is 0 Å². The molecule has 2 atom stereocenters. The van der Waals surface area contributed by atoms with Gasteiger partial charge in [0, 0.05) is 12.0 Å². The fourth-order valence-electron chi connectivity index (χ4n) is 3.58. The topological polar surface area (TPSA) is 26.0 Å². The van der Waals surface area contributed by atoms with Gasteiger partial charge in [0.1, 0.15) is 0 Å². The van der Waals surface area contributed by atoms with Crippen LogP contribution < -0.4 is 5.73 Å². The Morgan fingerprint density at radius 2 is 1.74 bits per heavy atom. The standard InChI is InChI=1S/C20H23F2N/c1-2-15(23)9-10-17-16-6-4-3-5-13(16)7-8-14-11-19(21)20(22)12-18(14)17/h3-6,11-12,15,17H,2,7-10,23H2,1H3. The predicted molar refractivity (Wildman–Crippen MR) is 89.6 cm³/mol. The second-order valence-electron chi connectivity index (χ2n) is 6.46. The van der Waals surface area contributed by atoms with Gasteiger partial charge in [-0.25, -0.2) is 8.78 Å². The summed E-state index contributed by atoms with van der Waals surface area (Å²) >= 11 is 0. The average molecular weight is 315 g/mol. The van der Waals surface area contributed by atoms with Crippen LogP contribution in [0, 0.1) is 11.6 Å². The van der Waals surface area contributed by atoms with Crippen molar-refractivity contribution in [2.24, 2.45) is 5.73 Å². The highest BCUT2D eigenvalue weighted by atomic mass is 19.2. The van der Waals surface area contributed by atoms with Crippen LogP contribution in [-0.4, -0.2) is 6.04 Å². The molecule has 0 aliphatic heterocycles. The lowest BCUT2D eigenvalue weighted by molar-refractivity contribution is 0.500. The Bertz CT molecular complexity index is 696. The Kier molecular flexibility index (Phi) is 4.76. The Hall–Kier alpha value is -1.74. The molecule has 3 rings (SSSR count). The smallest absolute Gasteiger partial charge is 0.159 e. The van der Waals surface area contributed by atoms with Crippen LogP contribution in [0.4, 0.5) is 8.78 Å². The molecule has 1 aliphatic carbocycles. The molecule has 1 aliphatic rings. The summed E-state index contributed by atoms with van der Waals surface area (Å²) in [6, 6.07) is 11.2. The quantitative estimate of drug-likeness (QED) is 0.868. The molecule has 2 N–H and O–H groups in total. The van der Waals surface area contributed by atoms with E-state index in [4.69, 9.17) is 5.73 Å². The summed E-state index contributed by atoms with van der Waals surface area (Å²) in [4.78, 5) is 0. The summed E-state index contributed by atoms with van der Waals surface area (Å²) in [6.07, 6.45) is 4.29. The lowest BCUT2D eigenvalue weighted by Crippen LogP contribution is -2.20. The third kappa shape index (κ3) is 3.30. The number of fused-ring (bicyclic) bond motifs is 2. The minimum absolute atomic E-state index is 0.0939. The molecule has 0 saturated carbocycles. The van der Waals surface area contributed by atoms with Crippen molar-refractivity contribution >= 4 is 0 Å². The van der Waals surface area contributed by atoms with Crippen LogP contribution in [0.1, 0.15) is 54.4 Å². The van der Waals surface area contributed by atoms with E-state index >= 15 is 0 Å². The second kappa shape index (κ2) is 6.79. The second-order valence-corrected chi connectivity index (χ2v) is 6.46. The van der Waals surface area contributed by atoms with Crippen molar-refractivity contribution in [1.82, 2.24) is 0 Å². The van der Waals surface area contributed by atoms with E-state index in [1.807, 2.05) is 12.1 Å². The molecular formula is C20H23F2N. The molecule has 0 aromatic heterocycles. The predicted octanol–water partition coefficient (Wildman–Crippen LogP) is 4.71. The molecule has 2 unspecified atom stereocenters. The van der Waals surface area contributed by atoms with Crippen molar-refractivity contribution in [3.63, 3.8) is 0 Å². The molecule has 0 bridgehead atoms. The van der Waals surface area contributed by atoms with Gasteiger partial charge in [-0.2, -0.15) is 0 Å². The van der Waals surface area contributed by atoms with Gasteiger partial charge in [-0.3, -0.25) is 0 Å². The van der Waals surface area contributed by atoms with E-state index < -0.39 is 11.6 Å². The van der Waals surface area contributed by atoms with Crippen molar-refractivity contribution in [3.05, 3.63) is 70.3 Å². The number of hydrogen-bond donors (Lipinski definition) is 1. The maximum atomic E-state index is 13.9. The highest BCUT2D eigenvalue weighted by molar-refractivity contribution is 5.45. The first-order valence-corrected chi connectivity index (χ1v) is 8.41. The number of nitrogens with two attached hydrogens (primary N) is 1. The van der Waals surface area contributed by atoms with Crippen molar-refractivity contribution in [3.8, 4) is 0 Å². The minimum Gasteiger partial charge on any atom is -0.328 e. The summed E-state index contributed by atoms with van der Waals surface area (Å²) in [7, 11) is 0. The van der Waals surface area contributed by atoms with E-state index in [1.165, 1.54) is 23.3 Å². The number of rotatable bonds is 4.